The van der Waals surface area contributed by atoms with E-state index in [4.69, 9.17) is 4.58 Å². The van der Waals surface area contributed by atoms with Gasteiger partial charge in [-0.3, -0.25) is 0 Å². The zero-order valence-corrected chi connectivity index (χ0v) is 11.4. The third-order valence-corrected chi connectivity index (χ3v) is 3.52. The lowest BCUT2D eigenvalue weighted by Crippen LogP contribution is -2.23. The van der Waals surface area contributed by atoms with Crippen LogP contribution < -0.4 is 5.19 Å². The van der Waals surface area contributed by atoms with Crippen LogP contribution in [0.5, 0.6) is 0 Å². The maximum atomic E-state index is 11.3. The lowest BCUT2D eigenvalue weighted by atomic mass is 10.1. The SMILES string of the molecule is C=C(CC)C(=O)OO[Si]c1cccc(C)c1C. The second-order valence-electron chi connectivity index (χ2n) is 3.76. The van der Waals surface area contributed by atoms with Crippen molar-refractivity contribution in [3.63, 3.8) is 0 Å². The summed E-state index contributed by atoms with van der Waals surface area (Å²) in [5, 5.41) is 1.04. The minimum Gasteiger partial charge on any atom is -0.305 e. The first kappa shape index (κ1) is 13.7. The topological polar surface area (TPSA) is 35.5 Å². The average Bonchev–Trinajstić information content (AvgIpc) is 2.33. The normalized spacial score (nSPS) is 10.1. The van der Waals surface area contributed by atoms with E-state index in [-0.39, 0.29) is 9.76 Å². The molecule has 0 unspecified atom stereocenters. The highest BCUT2D eigenvalue weighted by molar-refractivity contribution is 6.47. The zero-order valence-electron chi connectivity index (χ0n) is 10.4. The van der Waals surface area contributed by atoms with Crippen molar-refractivity contribution < 1.29 is 14.3 Å². The Labute approximate surface area is 104 Å². The molecule has 0 aliphatic heterocycles. The number of hydrogen-bond donors (Lipinski definition) is 0. The summed E-state index contributed by atoms with van der Waals surface area (Å²) in [7, 11) is 0.00247. The Bertz CT molecular complexity index is 427. The Morgan fingerprint density at radius 3 is 2.76 bits per heavy atom. The van der Waals surface area contributed by atoms with Crippen LogP contribution >= 0.6 is 0 Å². The molecule has 0 atom stereocenters. The van der Waals surface area contributed by atoms with E-state index < -0.39 is 5.97 Å². The van der Waals surface area contributed by atoms with Gasteiger partial charge in [0.15, 0.2) is 0 Å². The van der Waals surface area contributed by atoms with Gasteiger partial charge in [0.1, 0.15) is 0 Å². The molecule has 2 radical (unpaired) electrons. The molecule has 1 rings (SSSR count). The van der Waals surface area contributed by atoms with Crippen LogP contribution in [0.1, 0.15) is 24.5 Å². The van der Waals surface area contributed by atoms with Crippen LogP contribution in [0.4, 0.5) is 0 Å². The van der Waals surface area contributed by atoms with Crippen LogP contribution in [0.25, 0.3) is 0 Å². The van der Waals surface area contributed by atoms with Crippen LogP contribution in [-0.4, -0.2) is 15.7 Å². The van der Waals surface area contributed by atoms with Gasteiger partial charge in [0.05, 0.1) is 0 Å². The largest absolute Gasteiger partial charge is 0.367 e. The molecule has 0 spiro atoms. The van der Waals surface area contributed by atoms with Gasteiger partial charge in [-0.05, 0) is 36.6 Å². The molecular formula is C13H16O3Si. The molecule has 17 heavy (non-hydrogen) atoms. The first-order chi connectivity index (χ1) is 8.06. The molecule has 3 nitrogen and oxygen atoms in total. The molecule has 1 aromatic carbocycles. The first-order valence-corrected chi connectivity index (χ1v) is 6.35. The summed E-state index contributed by atoms with van der Waals surface area (Å²) >= 11 is 0. The van der Waals surface area contributed by atoms with Crippen LogP contribution in [0.15, 0.2) is 30.4 Å². The predicted molar refractivity (Wildman–Crippen MR) is 67.9 cm³/mol. The van der Waals surface area contributed by atoms with Gasteiger partial charge < -0.3 is 4.89 Å². The van der Waals surface area contributed by atoms with Gasteiger partial charge in [-0.2, -0.15) is 0 Å². The number of benzene rings is 1. The molecule has 0 saturated carbocycles. The highest BCUT2D eigenvalue weighted by Gasteiger charge is 2.09. The second kappa shape index (κ2) is 6.37. The van der Waals surface area contributed by atoms with Crippen molar-refractivity contribution in [1.29, 1.82) is 0 Å². The van der Waals surface area contributed by atoms with E-state index in [1.54, 1.807) is 0 Å². The molecule has 0 aliphatic rings. The molecule has 0 aliphatic carbocycles. The highest BCUT2D eigenvalue weighted by atomic mass is 28.2. The Morgan fingerprint density at radius 2 is 2.12 bits per heavy atom. The second-order valence-corrected chi connectivity index (χ2v) is 4.67. The van der Waals surface area contributed by atoms with Crippen LogP contribution in [0.2, 0.25) is 0 Å². The van der Waals surface area contributed by atoms with Gasteiger partial charge in [0.2, 0.25) is 0 Å². The van der Waals surface area contributed by atoms with E-state index in [0.29, 0.717) is 12.0 Å². The van der Waals surface area contributed by atoms with Gasteiger partial charge in [-0.25, -0.2) is 9.37 Å². The van der Waals surface area contributed by atoms with Gasteiger partial charge in [-0.1, -0.05) is 31.7 Å². The van der Waals surface area contributed by atoms with Crippen molar-refractivity contribution >= 4 is 20.9 Å². The molecular weight excluding hydrogens is 232 g/mol. The summed E-state index contributed by atoms with van der Waals surface area (Å²) in [4.78, 5) is 15.9. The molecule has 4 heteroatoms. The molecule has 0 aromatic heterocycles. The van der Waals surface area contributed by atoms with E-state index >= 15 is 0 Å². The Kier molecular flexibility index (Phi) is 5.12. The monoisotopic (exact) mass is 248 g/mol. The van der Waals surface area contributed by atoms with Gasteiger partial charge in [0.25, 0.3) is 0 Å². The predicted octanol–water partition coefficient (Wildman–Crippen LogP) is 1.99. The molecule has 0 heterocycles. The third-order valence-electron chi connectivity index (χ3n) is 2.59. The van der Waals surface area contributed by atoms with Crippen molar-refractivity contribution in [1.82, 2.24) is 0 Å². The van der Waals surface area contributed by atoms with Crippen LogP contribution in [0.3, 0.4) is 0 Å². The van der Waals surface area contributed by atoms with E-state index in [9.17, 15) is 4.79 Å². The van der Waals surface area contributed by atoms with Crippen molar-refractivity contribution in [3.8, 4) is 0 Å². The molecule has 0 fully saturated rings. The average molecular weight is 248 g/mol. The zero-order chi connectivity index (χ0) is 12.8. The van der Waals surface area contributed by atoms with Gasteiger partial charge >= 0.3 is 15.7 Å². The summed E-state index contributed by atoms with van der Waals surface area (Å²) in [6.07, 6.45) is 0.564. The van der Waals surface area contributed by atoms with E-state index in [1.165, 1.54) is 5.56 Å². The van der Waals surface area contributed by atoms with E-state index in [1.807, 2.05) is 39.0 Å². The maximum absolute atomic E-state index is 11.3. The Balaban J connectivity index is 2.49. The van der Waals surface area contributed by atoms with Crippen molar-refractivity contribution in [2.75, 3.05) is 0 Å². The lowest BCUT2D eigenvalue weighted by molar-refractivity contribution is -0.208. The number of hydrogen-bond acceptors (Lipinski definition) is 3. The van der Waals surface area contributed by atoms with Crippen molar-refractivity contribution in [3.05, 3.63) is 41.5 Å². The summed E-state index contributed by atoms with van der Waals surface area (Å²) in [5.74, 6) is -0.495. The highest BCUT2D eigenvalue weighted by Crippen LogP contribution is 2.03. The lowest BCUT2D eigenvalue weighted by Gasteiger charge is -2.07. The minimum absolute atomic E-state index is 0.00247. The molecule has 0 saturated heterocycles. The Hall–Kier alpha value is -1.39. The van der Waals surface area contributed by atoms with E-state index in [0.717, 1.165) is 10.8 Å². The molecule has 90 valence electrons. The summed E-state index contributed by atoms with van der Waals surface area (Å²) < 4.78 is 4.96. The number of aryl methyl sites for hydroxylation is 1. The van der Waals surface area contributed by atoms with Crippen molar-refractivity contribution in [2.45, 2.75) is 27.2 Å². The molecule has 0 N–H and O–H groups in total. The third kappa shape index (κ3) is 3.83. The van der Waals surface area contributed by atoms with Crippen LogP contribution in [-0.2, 0) is 14.3 Å². The molecule has 0 amide bonds. The smallest absolute Gasteiger partial charge is 0.305 e. The summed E-state index contributed by atoms with van der Waals surface area (Å²) in [6.45, 7) is 9.48. The fourth-order valence-electron chi connectivity index (χ4n) is 1.17. The molecule has 0 bridgehead atoms. The van der Waals surface area contributed by atoms with Crippen LogP contribution in [0, 0.1) is 13.8 Å². The standard InChI is InChI=1S/C13H16O3Si/c1-5-9(2)13(14)15-16-17-12-8-6-7-10(3)11(12)4/h6-8H,2,5H2,1,3-4H3. The summed E-state index contributed by atoms with van der Waals surface area (Å²) in [6, 6.07) is 5.96. The number of rotatable bonds is 5. The first-order valence-electron chi connectivity index (χ1n) is 5.44. The summed E-state index contributed by atoms with van der Waals surface area (Å²) in [5.41, 5.74) is 2.77. The minimum atomic E-state index is -0.495. The Morgan fingerprint density at radius 1 is 1.41 bits per heavy atom. The van der Waals surface area contributed by atoms with Gasteiger partial charge in [-0.15, -0.1) is 0 Å². The van der Waals surface area contributed by atoms with Crippen molar-refractivity contribution in [2.24, 2.45) is 0 Å². The number of carbonyl (C=O) groups is 1. The van der Waals surface area contributed by atoms with Gasteiger partial charge in [0, 0.05) is 5.57 Å². The number of carbonyl (C=O) groups excluding carboxylic acids is 1. The fourth-order valence-corrected chi connectivity index (χ4v) is 1.89. The molecule has 1 aromatic rings. The van der Waals surface area contributed by atoms with E-state index in [2.05, 4.69) is 11.5 Å². The fraction of sp³-hybridized carbons (Fsp3) is 0.308. The maximum Gasteiger partial charge on any atom is 0.367 e. The quantitative estimate of drug-likeness (QED) is 0.346.